The van der Waals surface area contributed by atoms with Gasteiger partial charge >= 0.3 is 5.97 Å². The number of nitrogens with zero attached hydrogens (tertiary/aromatic N) is 1. The zero-order valence-corrected chi connectivity index (χ0v) is 23.2. The second-order valence-corrected chi connectivity index (χ2v) is 10.2. The van der Waals surface area contributed by atoms with Crippen molar-refractivity contribution in [3.8, 4) is 17.0 Å². The summed E-state index contributed by atoms with van der Waals surface area (Å²) in [5.41, 5.74) is 1.25. The molecule has 10 heteroatoms. The molecule has 0 aliphatic rings. The summed E-state index contributed by atoms with van der Waals surface area (Å²) in [6, 6.07) is 7.44. The van der Waals surface area contributed by atoms with Crippen LogP contribution in [0.4, 0.5) is 13.9 Å². The molecule has 1 amide bonds. The molecular formula is C29H32F2N2O5S. The maximum atomic E-state index is 14.5. The summed E-state index contributed by atoms with van der Waals surface area (Å²) >= 11 is 1.16. The summed E-state index contributed by atoms with van der Waals surface area (Å²) in [5.74, 6) is -2.84. The van der Waals surface area contributed by atoms with Gasteiger partial charge in [0, 0.05) is 34.3 Å². The van der Waals surface area contributed by atoms with Crippen LogP contribution in [0.2, 0.25) is 0 Å². The number of nitrogens with one attached hydrogen (secondary N) is 1. The van der Waals surface area contributed by atoms with Crippen molar-refractivity contribution in [1.29, 1.82) is 0 Å². The first-order valence-corrected chi connectivity index (χ1v) is 13.4. The van der Waals surface area contributed by atoms with E-state index >= 15 is 0 Å². The molecule has 39 heavy (non-hydrogen) atoms. The zero-order valence-electron chi connectivity index (χ0n) is 22.3. The molecule has 1 aromatic heterocycles. The maximum absolute atomic E-state index is 14.5. The molecule has 0 unspecified atom stereocenters. The van der Waals surface area contributed by atoms with E-state index in [1.54, 1.807) is 12.5 Å². The van der Waals surface area contributed by atoms with Crippen molar-refractivity contribution in [2.75, 3.05) is 25.6 Å². The third-order valence-corrected chi connectivity index (χ3v) is 6.68. The summed E-state index contributed by atoms with van der Waals surface area (Å²) in [6.07, 6.45) is 3.69. The number of thiazole rings is 1. The number of aromatic nitrogens is 1. The number of carboxylic acid groups (broad SMARTS) is 1. The number of hydrogen-bond acceptors (Lipinski definition) is 6. The van der Waals surface area contributed by atoms with Gasteiger partial charge in [-0.15, -0.1) is 11.3 Å². The highest BCUT2D eigenvalue weighted by molar-refractivity contribution is 7.14. The third kappa shape index (κ3) is 8.18. The Labute approximate surface area is 230 Å². The molecule has 0 saturated carbocycles. The van der Waals surface area contributed by atoms with Crippen LogP contribution < -0.4 is 10.1 Å². The number of rotatable bonds is 13. The minimum absolute atomic E-state index is 0.238. The topological polar surface area (TPSA) is 97.8 Å². The van der Waals surface area contributed by atoms with Gasteiger partial charge in [-0.25, -0.2) is 18.6 Å². The van der Waals surface area contributed by atoms with Crippen LogP contribution in [0.3, 0.4) is 0 Å². The highest BCUT2D eigenvalue weighted by Gasteiger charge is 2.18. The van der Waals surface area contributed by atoms with E-state index in [1.165, 1.54) is 6.92 Å². The lowest BCUT2D eigenvalue weighted by Crippen LogP contribution is -2.13. The summed E-state index contributed by atoms with van der Waals surface area (Å²) in [5, 5.41) is 13.5. The molecule has 0 atom stereocenters. The smallest absolute Gasteiger partial charge is 0.331 e. The lowest BCUT2D eigenvalue weighted by molar-refractivity contribution is -0.132. The second kappa shape index (κ2) is 14.0. The summed E-state index contributed by atoms with van der Waals surface area (Å²) in [4.78, 5) is 28.1. The molecule has 3 rings (SSSR count). The van der Waals surface area contributed by atoms with Crippen LogP contribution in [0.15, 0.2) is 41.3 Å². The maximum Gasteiger partial charge on any atom is 0.331 e. The van der Waals surface area contributed by atoms with Gasteiger partial charge in [-0.05, 0) is 61.9 Å². The molecule has 208 valence electrons. The molecule has 2 N–H and O–H groups in total. The van der Waals surface area contributed by atoms with Crippen molar-refractivity contribution in [3.05, 3.63) is 69.6 Å². The van der Waals surface area contributed by atoms with Crippen LogP contribution in [0.25, 0.3) is 17.3 Å². The quantitative estimate of drug-likeness (QED) is 0.176. The molecule has 2 aromatic carbocycles. The van der Waals surface area contributed by atoms with Crippen LogP contribution in [-0.2, 0) is 16.0 Å². The Balaban J connectivity index is 1.71. The summed E-state index contributed by atoms with van der Waals surface area (Å²) in [7, 11) is 1.58. The number of methoxy groups -OCH3 is 1. The number of amides is 1. The van der Waals surface area contributed by atoms with Crippen molar-refractivity contribution in [1.82, 2.24) is 4.98 Å². The number of hydrogen-bond donors (Lipinski definition) is 2. The van der Waals surface area contributed by atoms with E-state index in [0.717, 1.165) is 53.5 Å². The van der Waals surface area contributed by atoms with Crippen LogP contribution in [0.5, 0.6) is 5.75 Å². The average Bonchev–Trinajstić information content (AvgIpc) is 3.35. The number of anilines is 1. The fourth-order valence-corrected chi connectivity index (χ4v) is 4.56. The molecule has 0 radical (unpaired) electrons. The largest absolute Gasteiger partial charge is 0.496 e. The van der Waals surface area contributed by atoms with E-state index in [2.05, 4.69) is 24.1 Å². The number of carboxylic acids is 1. The molecule has 0 fully saturated rings. The SMILES string of the molecule is COc1c(CCOCCCC(C)C)cccc1-c1csc(NC(=O)c2cc(F)c(C=C(C)C(=O)O)c(F)c2)n1. The predicted molar refractivity (Wildman–Crippen MR) is 148 cm³/mol. The molecule has 0 saturated heterocycles. The fourth-order valence-electron chi connectivity index (χ4n) is 3.86. The Bertz CT molecular complexity index is 1330. The van der Waals surface area contributed by atoms with Gasteiger partial charge in [-0.3, -0.25) is 10.1 Å². The Morgan fingerprint density at radius 1 is 1.18 bits per heavy atom. The van der Waals surface area contributed by atoms with Crippen LogP contribution >= 0.6 is 11.3 Å². The molecule has 3 aromatic rings. The van der Waals surface area contributed by atoms with E-state index in [9.17, 15) is 18.4 Å². The van der Waals surface area contributed by atoms with Crippen molar-refractivity contribution in [3.63, 3.8) is 0 Å². The van der Waals surface area contributed by atoms with E-state index in [0.29, 0.717) is 37.0 Å². The fraction of sp³-hybridized carbons (Fsp3) is 0.345. The number of para-hydroxylation sites is 1. The highest BCUT2D eigenvalue weighted by atomic mass is 32.1. The third-order valence-electron chi connectivity index (χ3n) is 5.93. The molecule has 0 spiro atoms. The normalized spacial score (nSPS) is 11.6. The summed E-state index contributed by atoms with van der Waals surface area (Å²) < 4.78 is 40.4. The van der Waals surface area contributed by atoms with Gasteiger partial charge in [-0.2, -0.15) is 0 Å². The average molecular weight is 559 g/mol. The van der Waals surface area contributed by atoms with Crippen LogP contribution in [0, 0.1) is 17.6 Å². The van der Waals surface area contributed by atoms with Gasteiger partial charge in [0.25, 0.3) is 5.91 Å². The predicted octanol–water partition coefficient (Wildman–Crippen LogP) is 6.83. The number of benzene rings is 2. The van der Waals surface area contributed by atoms with E-state index < -0.39 is 29.1 Å². The number of carbonyl (C=O) groups excluding carboxylic acids is 1. The van der Waals surface area contributed by atoms with E-state index in [-0.39, 0.29) is 16.3 Å². The number of halogens is 2. The van der Waals surface area contributed by atoms with E-state index in [4.69, 9.17) is 14.6 Å². The molecule has 7 nitrogen and oxygen atoms in total. The number of ether oxygens (including phenoxy) is 2. The van der Waals surface area contributed by atoms with Crippen LogP contribution in [0.1, 0.15) is 55.1 Å². The highest BCUT2D eigenvalue weighted by Crippen LogP contribution is 2.35. The summed E-state index contributed by atoms with van der Waals surface area (Å²) in [6.45, 7) is 6.87. The number of aliphatic carboxylic acids is 1. The first-order chi connectivity index (χ1) is 18.6. The molecular weight excluding hydrogens is 526 g/mol. The van der Waals surface area contributed by atoms with Gasteiger partial charge in [-0.1, -0.05) is 26.0 Å². The standard InChI is InChI=1S/C29H32F2N2O5S/c1-17(2)7-6-11-38-12-10-19-8-5-9-21(26(19)37-4)25-16-39-29(32-25)33-27(34)20-14-23(30)22(24(31)15-20)13-18(3)28(35)36/h5,8-9,13-17H,6-7,10-12H2,1-4H3,(H,35,36)(H,32,33,34). The van der Waals surface area contributed by atoms with Crippen LogP contribution in [-0.4, -0.2) is 42.3 Å². The van der Waals surface area contributed by atoms with Gasteiger partial charge in [0.2, 0.25) is 0 Å². The van der Waals surface area contributed by atoms with Gasteiger partial charge in [0.05, 0.1) is 19.4 Å². The molecule has 0 aliphatic heterocycles. The first kappa shape index (κ1) is 29.9. The molecule has 0 bridgehead atoms. The minimum atomic E-state index is -1.30. The van der Waals surface area contributed by atoms with Gasteiger partial charge in [0.1, 0.15) is 17.4 Å². The minimum Gasteiger partial charge on any atom is -0.496 e. The van der Waals surface area contributed by atoms with Gasteiger partial charge < -0.3 is 14.6 Å². The van der Waals surface area contributed by atoms with E-state index in [1.807, 2.05) is 18.2 Å². The first-order valence-electron chi connectivity index (χ1n) is 12.5. The molecule has 1 heterocycles. The van der Waals surface area contributed by atoms with Crippen molar-refractivity contribution < 1.29 is 33.0 Å². The second-order valence-electron chi connectivity index (χ2n) is 9.37. The Morgan fingerprint density at radius 3 is 2.54 bits per heavy atom. The van der Waals surface area contributed by atoms with Crippen molar-refractivity contribution in [2.45, 2.75) is 40.0 Å². The van der Waals surface area contributed by atoms with Crippen molar-refractivity contribution in [2.24, 2.45) is 5.92 Å². The Kier molecular flexibility index (Phi) is 10.7. The zero-order chi connectivity index (χ0) is 28.5. The lowest BCUT2D eigenvalue weighted by Gasteiger charge is -2.13. The molecule has 0 aliphatic carbocycles. The Morgan fingerprint density at radius 2 is 1.90 bits per heavy atom. The Hall–Kier alpha value is -3.63. The van der Waals surface area contributed by atoms with Crippen molar-refractivity contribution >= 4 is 34.4 Å². The lowest BCUT2D eigenvalue weighted by atomic mass is 10.0. The monoisotopic (exact) mass is 558 g/mol. The number of carbonyl (C=O) groups is 2. The van der Waals surface area contributed by atoms with Gasteiger partial charge in [0.15, 0.2) is 5.13 Å².